The van der Waals surface area contributed by atoms with E-state index in [4.69, 9.17) is 0 Å². The summed E-state index contributed by atoms with van der Waals surface area (Å²) in [6.45, 7) is 0. The molecule has 1 heterocycles. The highest BCUT2D eigenvalue weighted by atomic mass is 32.2. The van der Waals surface area contributed by atoms with Gasteiger partial charge in [-0.05, 0) is 35.0 Å². The van der Waals surface area contributed by atoms with Crippen LogP contribution < -0.4 is 0 Å². The van der Waals surface area contributed by atoms with Crippen molar-refractivity contribution in [2.45, 2.75) is 0 Å². The lowest BCUT2D eigenvalue weighted by molar-refractivity contribution is -0.107. The van der Waals surface area contributed by atoms with E-state index in [0.29, 0.717) is 0 Å². The van der Waals surface area contributed by atoms with Gasteiger partial charge in [0, 0.05) is 10.5 Å². The highest BCUT2D eigenvalue weighted by Gasteiger charge is 2.20. The third-order valence-electron chi connectivity index (χ3n) is 2.91. The Hall–Kier alpha value is -2.06. The smallest absolute Gasteiger partial charge is 0.224 e. The Morgan fingerprint density at radius 2 is 1.47 bits per heavy atom. The van der Waals surface area contributed by atoms with Gasteiger partial charge in [-0.1, -0.05) is 60.7 Å². The molecule has 0 saturated carbocycles. The summed E-state index contributed by atoms with van der Waals surface area (Å²) in [6, 6.07) is 19.9. The van der Waals surface area contributed by atoms with Crippen molar-refractivity contribution in [1.82, 2.24) is 0 Å². The molecule has 0 aromatic heterocycles. The lowest BCUT2D eigenvalue weighted by atomic mass is 10.1. The molecular weight excluding hydrogens is 252 g/mol. The first kappa shape index (κ1) is 12.0. The minimum atomic E-state index is 0.114. The first-order valence-electron chi connectivity index (χ1n) is 6.09. The fourth-order valence-corrected chi connectivity index (χ4v) is 2.84. The van der Waals surface area contributed by atoms with Gasteiger partial charge in [-0.2, -0.15) is 0 Å². The van der Waals surface area contributed by atoms with E-state index in [1.165, 1.54) is 11.8 Å². The average molecular weight is 264 g/mol. The van der Waals surface area contributed by atoms with E-state index in [1.807, 2.05) is 72.8 Å². The summed E-state index contributed by atoms with van der Waals surface area (Å²) < 4.78 is 0. The van der Waals surface area contributed by atoms with Crippen LogP contribution in [-0.2, 0) is 4.79 Å². The molecule has 0 fully saturated rings. The number of allylic oxidation sites excluding steroid dienone is 1. The molecular formula is C17H12OS. The Morgan fingerprint density at radius 3 is 2.16 bits per heavy atom. The summed E-state index contributed by atoms with van der Waals surface area (Å²) in [6.07, 6.45) is 3.90. The van der Waals surface area contributed by atoms with Gasteiger partial charge in [0.25, 0.3) is 0 Å². The molecule has 0 amide bonds. The lowest BCUT2D eigenvalue weighted by Gasteiger charge is -1.97. The summed E-state index contributed by atoms with van der Waals surface area (Å²) >= 11 is 1.30. The molecule has 2 heteroatoms. The maximum Gasteiger partial charge on any atom is 0.224 e. The molecule has 0 unspecified atom stereocenters. The minimum Gasteiger partial charge on any atom is -0.281 e. The molecule has 2 aromatic carbocycles. The summed E-state index contributed by atoms with van der Waals surface area (Å²) in [5.41, 5.74) is 2.91. The van der Waals surface area contributed by atoms with Crippen LogP contribution >= 0.6 is 11.8 Å². The van der Waals surface area contributed by atoms with Crippen LogP contribution in [0.5, 0.6) is 0 Å². The van der Waals surface area contributed by atoms with Gasteiger partial charge in [-0.25, -0.2) is 0 Å². The maximum atomic E-state index is 12.0. The Kier molecular flexibility index (Phi) is 3.34. The second-order valence-electron chi connectivity index (χ2n) is 4.27. The second-order valence-corrected chi connectivity index (χ2v) is 5.29. The van der Waals surface area contributed by atoms with Crippen molar-refractivity contribution in [1.29, 1.82) is 0 Å². The molecule has 92 valence electrons. The van der Waals surface area contributed by atoms with Gasteiger partial charge < -0.3 is 0 Å². The van der Waals surface area contributed by atoms with Gasteiger partial charge in [0.05, 0.1) is 0 Å². The summed E-state index contributed by atoms with van der Waals surface area (Å²) in [7, 11) is 0. The van der Waals surface area contributed by atoms with Crippen LogP contribution in [0.1, 0.15) is 11.1 Å². The Morgan fingerprint density at radius 1 is 0.842 bits per heavy atom. The number of thioether (sulfide) groups is 1. The van der Waals surface area contributed by atoms with E-state index in [0.717, 1.165) is 21.6 Å². The Balaban J connectivity index is 1.94. The standard InChI is InChI=1S/C17H12OS/c18-17-15(11-13-7-3-1-4-8-13)12-16(19-17)14-9-5-2-6-10-14/h1-12H/b15-11-. The lowest BCUT2D eigenvalue weighted by Crippen LogP contribution is -1.87. The highest BCUT2D eigenvalue weighted by molar-refractivity contribution is 8.22. The third-order valence-corrected chi connectivity index (χ3v) is 3.90. The van der Waals surface area contributed by atoms with Crippen LogP contribution in [0.2, 0.25) is 0 Å². The van der Waals surface area contributed by atoms with Gasteiger partial charge in [0.2, 0.25) is 5.12 Å². The van der Waals surface area contributed by atoms with Gasteiger partial charge in [0.1, 0.15) is 0 Å². The molecule has 19 heavy (non-hydrogen) atoms. The highest BCUT2D eigenvalue weighted by Crippen LogP contribution is 2.38. The molecule has 0 N–H and O–H groups in total. The van der Waals surface area contributed by atoms with E-state index in [1.54, 1.807) is 0 Å². The van der Waals surface area contributed by atoms with Crippen LogP contribution in [0.3, 0.4) is 0 Å². The molecule has 2 aromatic rings. The van der Waals surface area contributed by atoms with E-state index in [-0.39, 0.29) is 5.12 Å². The fourth-order valence-electron chi connectivity index (χ4n) is 1.96. The molecule has 0 saturated heterocycles. The zero-order valence-electron chi connectivity index (χ0n) is 10.2. The number of carbonyl (C=O) groups is 1. The summed E-state index contributed by atoms with van der Waals surface area (Å²) in [5, 5.41) is 0.114. The van der Waals surface area contributed by atoms with Crippen LogP contribution in [0, 0.1) is 0 Å². The zero-order valence-corrected chi connectivity index (χ0v) is 11.1. The molecule has 1 aliphatic heterocycles. The van der Waals surface area contributed by atoms with E-state index < -0.39 is 0 Å². The molecule has 0 atom stereocenters. The number of hydrogen-bond acceptors (Lipinski definition) is 2. The first-order chi connectivity index (χ1) is 9.33. The monoisotopic (exact) mass is 264 g/mol. The van der Waals surface area contributed by atoms with E-state index >= 15 is 0 Å². The third kappa shape index (κ3) is 2.69. The minimum absolute atomic E-state index is 0.114. The van der Waals surface area contributed by atoms with Crippen molar-refractivity contribution in [2.24, 2.45) is 0 Å². The van der Waals surface area contributed by atoms with Crippen molar-refractivity contribution in [3.8, 4) is 0 Å². The summed E-state index contributed by atoms with van der Waals surface area (Å²) in [5.74, 6) is 0. The van der Waals surface area contributed by atoms with Gasteiger partial charge in [-0.15, -0.1) is 0 Å². The number of hydrogen-bond donors (Lipinski definition) is 0. The number of rotatable bonds is 2. The van der Waals surface area contributed by atoms with Crippen molar-refractivity contribution >= 4 is 27.9 Å². The topological polar surface area (TPSA) is 17.1 Å². The fraction of sp³-hybridized carbons (Fsp3) is 0. The van der Waals surface area contributed by atoms with E-state index in [2.05, 4.69) is 0 Å². The Labute approximate surface area is 116 Å². The zero-order chi connectivity index (χ0) is 13.1. The maximum absolute atomic E-state index is 12.0. The average Bonchev–Trinajstić information content (AvgIpc) is 2.82. The van der Waals surface area contributed by atoms with Gasteiger partial charge in [0.15, 0.2) is 0 Å². The molecule has 3 rings (SSSR count). The van der Waals surface area contributed by atoms with Crippen LogP contribution in [0.15, 0.2) is 72.3 Å². The van der Waals surface area contributed by atoms with Gasteiger partial charge in [-0.3, -0.25) is 4.79 Å². The summed E-state index contributed by atoms with van der Waals surface area (Å²) in [4.78, 5) is 13.0. The molecule has 1 aliphatic rings. The van der Waals surface area contributed by atoms with Crippen LogP contribution in [0.4, 0.5) is 0 Å². The molecule has 1 nitrogen and oxygen atoms in total. The SMILES string of the molecule is O=C1SC(c2ccccc2)=C/C1=C/c1ccccc1. The Bertz CT molecular complexity index is 654. The second kappa shape index (κ2) is 5.29. The first-order valence-corrected chi connectivity index (χ1v) is 6.90. The molecule has 0 bridgehead atoms. The largest absolute Gasteiger partial charge is 0.281 e. The molecule has 0 spiro atoms. The number of benzene rings is 2. The van der Waals surface area contributed by atoms with Crippen molar-refractivity contribution in [2.75, 3.05) is 0 Å². The van der Waals surface area contributed by atoms with Crippen LogP contribution in [-0.4, -0.2) is 5.12 Å². The predicted molar refractivity (Wildman–Crippen MR) is 81.4 cm³/mol. The molecule has 0 radical (unpaired) electrons. The van der Waals surface area contributed by atoms with E-state index in [9.17, 15) is 4.79 Å². The van der Waals surface area contributed by atoms with Crippen molar-refractivity contribution in [3.63, 3.8) is 0 Å². The van der Waals surface area contributed by atoms with Crippen molar-refractivity contribution in [3.05, 3.63) is 83.4 Å². The quantitative estimate of drug-likeness (QED) is 0.748. The normalized spacial score (nSPS) is 16.7. The molecule has 0 aliphatic carbocycles. The number of carbonyl (C=O) groups excluding carboxylic acids is 1. The predicted octanol–water partition coefficient (Wildman–Crippen LogP) is 4.38. The van der Waals surface area contributed by atoms with Gasteiger partial charge >= 0.3 is 0 Å². The van der Waals surface area contributed by atoms with Crippen LogP contribution in [0.25, 0.3) is 11.0 Å². The van der Waals surface area contributed by atoms with Crippen molar-refractivity contribution < 1.29 is 4.79 Å².